The molecule has 1 N–H and O–H groups in total. The van der Waals surface area contributed by atoms with Crippen molar-refractivity contribution in [3.63, 3.8) is 0 Å². The predicted molar refractivity (Wildman–Crippen MR) is 84.0 cm³/mol. The molecule has 0 aliphatic carbocycles. The molecule has 0 bridgehead atoms. The van der Waals surface area contributed by atoms with Crippen LogP contribution in [0.1, 0.15) is 30.1 Å². The summed E-state index contributed by atoms with van der Waals surface area (Å²) in [6, 6.07) is 1.97. The Morgan fingerprint density at radius 1 is 1.48 bits per heavy atom. The van der Waals surface area contributed by atoms with Gasteiger partial charge in [-0.1, -0.05) is 0 Å². The molecule has 2 heterocycles. The van der Waals surface area contributed by atoms with E-state index in [1.54, 1.807) is 6.20 Å². The molecule has 0 amide bonds. The van der Waals surface area contributed by atoms with Gasteiger partial charge in [-0.3, -0.25) is 0 Å². The first-order chi connectivity index (χ1) is 9.78. The van der Waals surface area contributed by atoms with Crippen LogP contribution in [0, 0.1) is 6.92 Å². The lowest BCUT2D eigenvalue weighted by atomic mass is 10.3. The molecule has 1 atom stereocenters. The van der Waals surface area contributed by atoms with Gasteiger partial charge in [0.2, 0.25) is 10.0 Å². The van der Waals surface area contributed by atoms with Crippen LogP contribution in [-0.4, -0.2) is 35.8 Å². The molecule has 0 aromatic carbocycles. The summed E-state index contributed by atoms with van der Waals surface area (Å²) in [5.74, 6) is 0.754. The highest BCUT2D eigenvalue weighted by atomic mass is 35.5. The maximum Gasteiger partial charge on any atom is 0.208 e. The summed E-state index contributed by atoms with van der Waals surface area (Å²) in [4.78, 5) is 8.94. The molecule has 0 radical (unpaired) electrons. The second-order valence-corrected chi connectivity index (χ2v) is 7.60. The third-order valence-electron chi connectivity index (χ3n) is 3.03. The van der Waals surface area contributed by atoms with Gasteiger partial charge in [0.25, 0.3) is 0 Å². The highest BCUT2D eigenvalue weighted by molar-refractivity contribution is 7.88. The fourth-order valence-electron chi connectivity index (χ4n) is 2.15. The van der Waals surface area contributed by atoms with Gasteiger partial charge < -0.3 is 4.57 Å². The van der Waals surface area contributed by atoms with E-state index < -0.39 is 10.0 Å². The molecule has 21 heavy (non-hydrogen) atoms. The monoisotopic (exact) mass is 330 g/mol. The van der Waals surface area contributed by atoms with Gasteiger partial charge in [-0.2, -0.15) is 0 Å². The Balaban J connectivity index is 2.22. The minimum atomic E-state index is -3.16. The number of sulfonamides is 1. The fraction of sp³-hybridized carbons (Fsp3) is 0.538. The number of aromatic nitrogens is 3. The Morgan fingerprint density at radius 3 is 2.81 bits per heavy atom. The largest absolute Gasteiger partial charge is 0.311 e. The van der Waals surface area contributed by atoms with E-state index in [0.717, 1.165) is 28.8 Å². The second kappa shape index (κ2) is 6.29. The third-order valence-corrected chi connectivity index (χ3v) is 3.95. The molecule has 2 aromatic rings. The Kier molecular flexibility index (Phi) is 4.85. The van der Waals surface area contributed by atoms with Crippen molar-refractivity contribution in [3.8, 4) is 0 Å². The van der Waals surface area contributed by atoms with Crippen molar-refractivity contribution in [1.29, 1.82) is 0 Å². The number of halogens is 1. The average Bonchev–Trinajstić information content (AvgIpc) is 2.71. The van der Waals surface area contributed by atoms with Crippen LogP contribution in [0.4, 0.5) is 0 Å². The van der Waals surface area contributed by atoms with Gasteiger partial charge in [0.15, 0.2) is 5.65 Å². The number of nitrogens with one attached hydrogen (secondary N) is 1. The Morgan fingerprint density at radius 2 is 2.19 bits per heavy atom. The minimum absolute atomic E-state index is 0.234. The number of imidazole rings is 1. The summed E-state index contributed by atoms with van der Waals surface area (Å²) in [7, 11) is -3.16. The van der Waals surface area contributed by atoms with Crippen molar-refractivity contribution in [2.75, 3.05) is 12.8 Å². The maximum absolute atomic E-state index is 11.1. The van der Waals surface area contributed by atoms with Crippen molar-refractivity contribution < 1.29 is 8.42 Å². The smallest absolute Gasteiger partial charge is 0.208 e. The number of alkyl halides is 1. The lowest BCUT2D eigenvalue weighted by Gasteiger charge is -2.10. The minimum Gasteiger partial charge on any atom is -0.311 e. The van der Waals surface area contributed by atoms with Crippen molar-refractivity contribution in [1.82, 2.24) is 19.3 Å². The molecule has 116 valence electrons. The fourth-order valence-corrected chi connectivity index (χ4v) is 2.83. The number of hydrogen-bond donors (Lipinski definition) is 1. The molecule has 0 aliphatic heterocycles. The van der Waals surface area contributed by atoms with Crippen molar-refractivity contribution in [2.24, 2.45) is 0 Å². The molecule has 0 saturated heterocycles. The van der Waals surface area contributed by atoms with E-state index in [1.807, 2.05) is 24.5 Å². The second-order valence-electron chi connectivity index (χ2n) is 5.11. The first kappa shape index (κ1) is 16.2. The van der Waals surface area contributed by atoms with Gasteiger partial charge in [-0.25, -0.2) is 23.1 Å². The van der Waals surface area contributed by atoms with Gasteiger partial charge in [0.05, 0.1) is 11.6 Å². The van der Waals surface area contributed by atoms with E-state index in [9.17, 15) is 8.42 Å². The summed E-state index contributed by atoms with van der Waals surface area (Å²) in [6.07, 6.45) is 3.58. The number of hydrogen-bond acceptors (Lipinski definition) is 4. The molecule has 2 rings (SSSR count). The summed E-state index contributed by atoms with van der Waals surface area (Å²) in [5, 5.41) is -0.234. The molecule has 0 fully saturated rings. The van der Waals surface area contributed by atoms with E-state index in [1.165, 1.54) is 0 Å². The first-order valence-corrected chi connectivity index (χ1v) is 9.02. The molecule has 1 unspecified atom stereocenters. The maximum atomic E-state index is 11.1. The summed E-state index contributed by atoms with van der Waals surface area (Å²) < 4.78 is 26.5. The zero-order valence-electron chi connectivity index (χ0n) is 12.3. The van der Waals surface area contributed by atoms with Crippen molar-refractivity contribution in [3.05, 3.63) is 23.7 Å². The molecule has 0 aliphatic rings. The first-order valence-electron chi connectivity index (χ1n) is 6.69. The highest BCUT2D eigenvalue weighted by Gasteiger charge is 2.15. The highest BCUT2D eigenvalue weighted by Crippen LogP contribution is 2.24. The van der Waals surface area contributed by atoms with Gasteiger partial charge >= 0.3 is 0 Å². The number of rotatable bonds is 6. The molecular weight excluding hydrogens is 312 g/mol. The van der Waals surface area contributed by atoms with E-state index in [2.05, 4.69) is 14.7 Å². The van der Waals surface area contributed by atoms with Crippen LogP contribution in [0.3, 0.4) is 0 Å². The predicted octanol–water partition coefficient (Wildman–Crippen LogP) is 1.98. The summed E-state index contributed by atoms with van der Waals surface area (Å²) in [6.45, 7) is 4.81. The SMILES string of the molecule is Cc1cnc2c(c1)nc(C(C)Cl)n2CCCNS(C)(=O)=O. The lowest BCUT2D eigenvalue weighted by molar-refractivity contribution is 0.572. The van der Waals surface area contributed by atoms with Crippen molar-refractivity contribution >= 4 is 32.8 Å². The van der Waals surface area contributed by atoms with E-state index in [0.29, 0.717) is 19.5 Å². The van der Waals surface area contributed by atoms with Gasteiger partial charge in [0, 0.05) is 19.3 Å². The van der Waals surface area contributed by atoms with Crippen molar-refractivity contribution in [2.45, 2.75) is 32.2 Å². The molecule has 2 aromatic heterocycles. The van der Waals surface area contributed by atoms with Gasteiger partial charge in [-0.05, 0) is 31.9 Å². The van der Waals surface area contributed by atoms with Crippen LogP contribution in [-0.2, 0) is 16.6 Å². The molecular formula is C13H19ClN4O2S. The number of fused-ring (bicyclic) bond motifs is 1. The molecule has 0 spiro atoms. The van der Waals surface area contributed by atoms with E-state index in [4.69, 9.17) is 11.6 Å². The van der Waals surface area contributed by atoms with Crippen LogP contribution in [0.25, 0.3) is 11.2 Å². The van der Waals surface area contributed by atoms with Crippen LogP contribution in [0.5, 0.6) is 0 Å². The van der Waals surface area contributed by atoms with Crippen LogP contribution in [0.15, 0.2) is 12.3 Å². The molecule has 8 heteroatoms. The summed E-state index contributed by atoms with van der Waals surface area (Å²) in [5.41, 5.74) is 2.63. The zero-order valence-corrected chi connectivity index (χ0v) is 13.9. The number of nitrogens with zero attached hydrogens (tertiary/aromatic N) is 3. The Hall–Kier alpha value is -1.18. The van der Waals surface area contributed by atoms with E-state index in [-0.39, 0.29) is 5.38 Å². The number of pyridine rings is 1. The molecule has 0 saturated carbocycles. The van der Waals surface area contributed by atoms with Gasteiger partial charge in [-0.15, -0.1) is 11.6 Å². The normalized spacial score (nSPS) is 13.7. The topological polar surface area (TPSA) is 76.9 Å². The summed E-state index contributed by atoms with van der Waals surface area (Å²) >= 11 is 6.18. The van der Waals surface area contributed by atoms with Crippen LogP contribution >= 0.6 is 11.6 Å². The zero-order chi connectivity index (χ0) is 15.6. The molecule has 6 nitrogen and oxygen atoms in total. The Bertz CT molecular complexity index is 740. The lowest BCUT2D eigenvalue weighted by Crippen LogP contribution is -2.24. The van der Waals surface area contributed by atoms with E-state index >= 15 is 0 Å². The van der Waals surface area contributed by atoms with Crippen LogP contribution < -0.4 is 4.72 Å². The quantitative estimate of drug-likeness (QED) is 0.649. The standard InChI is InChI=1S/C13H19ClN4O2S/c1-9-7-11-13(15-8-9)18(12(17-11)10(2)14)6-4-5-16-21(3,19)20/h7-8,10,16H,4-6H2,1-3H3. The number of aryl methyl sites for hydroxylation is 2. The van der Waals surface area contributed by atoms with Crippen LogP contribution in [0.2, 0.25) is 0 Å². The van der Waals surface area contributed by atoms with Gasteiger partial charge in [0.1, 0.15) is 11.3 Å². The average molecular weight is 331 g/mol. The third kappa shape index (κ3) is 4.15. The Labute approximate surface area is 129 Å².